The van der Waals surface area contributed by atoms with Gasteiger partial charge in [0.25, 0.3) is 0 Å². The van der Waals surface area contributed by atoms with Gasteiger partial charge < -0.3 is 5.11 Å². The van der Waals surface area contributed by atoms with Gasteiger partial charge in [-0.2, -0.15) is 5.10 Å². The Morgan fingerprint density at radius 3 is 1.96 bits per heavy atom. The van der Waals surface area contributed by atoms with Gasteiger partial charge in [0.1, 0.15) is 6.33 Å². The van der Waals surface area contributed by atoms with Crippen LogP contribution in [-0.4, -0.2) is 26.4 Å². The molecule has 0 unspecified atom stereocenters. The van der Waals surface area contributed by atoms with Gasteiger partial charge in [0.2, 0.25) is 0 Å². The molecule has 4 heteroatoms. The van der Waals surface area contributed by atoms with Crippen molar-refractivity contribution in [3.8, 4) is 11.4 Å². The van der Waals surface area contributed by atoms with Gasteiger partial charge in [-0.15, -0.1) is 0 Å². The Morgan fingerprint density at radius 1 is 0.846 bits per heavy atom. The number of hydrogen-bond acceptors (Lipinski definition) is 3. The van der Waals surface area contributed by atoms with Crippen LogP contribution in [0.4, 0.5) is 0 Å². The predicted molar refractivity (Wildman–Crippen MR) is 107 cm³/mol. The van der Waals surface area contributed by atoms with Crippen LogP contribution >= 0.6 is 0 Å². The molecule has 26 heavy (non-hydrogen) atoms. The van der Waals surface area contributed by atoms with Crippen LogP contribution in [-0.2, 0) is 0 Å². The fourth-order valence-corrected chi connectivity index (χ4v) is 3.07. The van der Waals surface area contributed by atoms with Crippen LogP contribution in [0.1, 0.15) is 51.0 Å². The highest BCUT2D eigenvalue weighted by Crippen LogP contribution is 2.32. The zero-order chi connectivity index (χ0) is 18.6. The predicted octanol–water partition coefficient (Wildman–Crippen LogP) is 5.20. The van der Waals surface area contributed by atoms with E-state index in [9.17, 15) is 5.11 Å². The minimum absolute atomic E-state index is 0.0417. The molecule has 0 amide bonds. The molecule has 0 saturated heterocycles. The number of aliphatic hydroxyl groups is 1. The number of aromatic amines is 1. The molecule has 1 fully saturated rings. The van der Waals surface area contributed by atoms with E-state index < -0.39 is 0 Å². The lowest BCUT2D eigenvalue weighted by Crippen LogP contribution is -2.16. The Balaban J connectivity index is 0.000000173. The number of benzene rings is 2. The molecule has 2 aromatic carbocycles. The number of aliphatic hydroxyl groups excluding tert-OH is 1. The lowest BCUT2D eigenvalue weighted by molar-refractivity contribution is 0.122. The average molecular weight is 351 g/mol. The minimum Gasteiger partial charge on any atom is -0.393 e. The molecule has 0 atom stereocenters. The molecule has 0 spiro atoms. The van der Waals surface area contributed by atoms with Crippen molar-refractivity contribution in [3.63, 3.8) is 0 Å². The van der Waals surface area contributed by atoms with E-state index in [-0.39, 0.29) is 6.10 Å². The molecule has 2 N–H and O–H groups in total. The molecular formula is C22H29N3O. The molecule has 0 radical (unpaired) electrons. The summed E-state index contributed by atoms with van der Waals surface area (Å²) in [5.74, 6) is 1.50. The van der Waals surface area contributed by atoms with Gasteiger partial charge in [0.05, 0.1) is 6.10 Å². The van der Waals surface area contributed by atoms with Crippen LogP contribution in [0.25, 0.3) is 11.4 Å². The number of rotatable bonds is 2. The molecule has 0 aliphatic heterocycles. The van der Waals surface area contributed by atoms with Gasteiger partial charge in [0, 0.05) is 5.56 Å². The highest BCUT2D eigenvalue weighted by molar-refractivity contribution is 5.53. The first-order valence-electron chi connectivity index (χ1n) is 9.46. The van der Waals surface area contributed by atoms with Crippen LogP contribution in [0.15, 0.2) is 67.0 Å². The maximum atomic E-state index is 9.37. The summed E-state index contributed by atoms with van der Waals surface area (Å²) >= 11 is 0. The average Bonchev–Trinajstić information content (AvgIpc) is 3.27. The second-order valence-electron chi connectivity index (χ2n) is 6.12. The van der Waals surface area contributed by atoms with Crippen molar-refractivity contribution < 1.29 is 5.11 Å². The van der Waals surface area contributed by atoms with E-state index in [2.05, 4.69) is 45.5 Å². The summed E-state index contributed by atoms with van der Waals surface area (Å²) in [5, 5.41) is 15.9. The lowest BCUT2D eigenvalue weighted by Gasteiger charge is -2.25. The Labute approximate surface area is 156 Å². The molecule has 4 nitrogen and oxygen atoms in total. The topological polar surface area (TPSA) is 61.8 Å². The van der Waals surface area contributed by atoms with Gasteiger partial charge >= 0.3 is 0 Å². The summed E-state index contributed by atoms with van der Waals surface area (Å²) in [6.07, 6.45) is 5.69. The molecule has 138 valence electrons. The first kappa shape index (κ1) is 19.9. The van der Waals surface area contributed by atoms with Crippen LogP contribution in [0.5, 0.6) is 0 Å². The standard InChI is InChI=1S/C12H16O.C8H7N3.C2H6/c13-12-8-6-11(7-9-12)10-4-2-1-3-5-10;1-2-4-7(5-3-1)8-9-6-10-11-8;1-2/h1-5,11-13H,6-9H2;1-6H,(H,9,10,11);1-2H3. The van der Waals surface area contributed by atoms with Gasteiger partial charge in [-0.3, -0.25) is 5.10 Å². The van der Waals surface area contributed by atoms with Gasteiger partial charge in [-0.1, -0.05) is 74.5 Å². The van der Waals surface area contributed by atoms with Crippen molar-refractivity contribution in [2.75, 3.05) is 0 Å². The first-order valence-corrected chi connectivity index (χ1v) is 9.46. The summed E-state index contributed by atoms with van der Waals surface area (Å²) in [6.45, 7) is 4.00. The van der Waals surface area contributed by atoms with Gasteiger partial charge in [0.15, 0.2) is 5.82 Å². The van der Waals surface area contributed by atoms with Gasteiger partial charge in [-0.05, 0) is 37.2 Å². The largest absolute Gasteiger partial charge is 0.393 e. The molecular weight excluding hydrogens is 322 g/mol. The number of nitrogens with one attached hydrogen (secondary N) is 1. The molecule has 0 bridgehead atoms. The van der Waals surface area contributed by atoms with Crippen molar-refractivity contribution in [3.05, 3.63) is 72.6 Å². The van der Waals surface area contributed by atoms with Crippen LogP contribution in [0, 0.1) is 0 Å². The van der Waals surface area contributed by atoms with Crippen molar-refractivity contribution in [1.29, 1.82) is 0 Å². The normalized spacial score (nSPS) is 18.7. The summed E-state index contributed by atoms with van der Waals surface area (Å²) < 4.78 is 0. The van der Waals surface area contributed by atoms with E-state index in [1.807, 2.05) is 44.2 Å². The molecule has 1 saturated carbocycles. The Hall–Kier alpha value is -2.46. The summed E-state index contributed by atoms with van der Waals surface area (Å²) in [7, 11) is 0. The fraction of sp³-hybridized carbons (Fsp3) is 0.364. The Bertz CT molecular complexity index is 691. The molecule has 1 aliphatic carbocycles. The summed E-state index contributed by atoms with van der Waals surface area (Å²) in [5.41, 5.74) is 2.50. The van der Waals surface area contributed by atoms with E-state index in [1.165, 1.54) is 11.9 Å². The van der Waals surface area contributed by atoms with Gasteiger partial charge in [-0.25, -0.2) is 4.98 Å². The molecule has 3 aromatic rings. The molecule has 1 aliphatic rings. The third-order valence-corrected chi connectivity index (χ3v) is 4.43. The number of nitrogens with zero attached hydrogens (tertiary/aromatic N) is 2. The number of aromatic nitrogens is 3. The van der Waals surface area contributed by atoms with E-state index >= 15 is 0 Å². The van der Waals surface area contributed by atoms with Crippen LogP contribution in [0.3, 0.4) is 0 Å². The maximum absolute atomic E-state index is 9.37. The van der Waals surface area contributed by atoms with Crippen molar-refractivity contribution in [1.82, 2.24) is 15.2 Å². The second kappa shape index (κ2) is 11.2. The summed E-state index contributed by atoms with van der Waals surface area (Å²) in [6, 6.07) is 20.5. The van der Waals surface area contributed by atoms with Crippen molar-refractivity contribution in [2.24, 2.45) is 0 Å². The van der Waals surface area contributed by atoms with Crippen molar-refractivity contribution in [2.45, 2.75) is 51.6 Å². The SMILES string of the molecule is CC.OC1CCC(c2ccccc2)CC1.c1ccc(-c2ncn[nH]2)cc1. The summed E-state index contributed by atoms with van der Waals surface area (Å²) in [4.78, 5) is 4.02. The number of H-pyrrole nitrogens is 1. The lowest BCUT2D eigenvalue weighted by atomic mass is 9.83. The zero-order valence-corrected chi connectivity index (χ0v) is 15.7. The van der Waals surface area contributed by atoms with Crippen LogP contribution < -0.4 is 0 Å². The molecule has 4 rings (SSSR count). The number of hydrogen-bond donors (Lipinski definition) is 2. The monoisotopic (exact) mass is 351 g/mol. The Kier molecular flexibility index (Phi) is 8.56. The first-order chi connectivity index (χ1) is 12.8. The fourth-order valence-electron chi connectivity index (χ4n) is 3.07. The third kappa shape index (κ3) is 6.12. The maximum Gasteiger partial charge on any atom is 0.155 e. The van der Waals surface area contributed by atoms with E-state index in [0.29, 0.717) is 5.92 Å². The quantitative estimate of drug-likeness (QED) is 0.667. The third-order valence-electron chi connectivity index (χ3n) is 4.43. The minimum atomic E-state index is -0.0417. The molecule has 1 aromatic heterocycles. The molecule has 1 heterocycles. The smallest absolute Gasteiger partial charge is 0.155 e. The van der Waals surface area contributed by atoms with Crippen molar-refractivity contribution >= 4 is 0 Å². The zero-order valence-electron chi connectivity index (χ0n) is 15.7. The van der Waals surface area contributed by atoms with Crippen LogP contribution in [0.2, 0.25) is 0 Å². The highest BCUT2D eigenvalue weighted by Gasteiger charge is 2.20. The van der Waals surface area contributed by atoms with E-state index in [4.69, 9.17) is 0 Å². The van der Waals surface area contributed by atoms with E-state index in [0.717, 1.165) is 37.1 Å². The highest BCUT2D eigenvalue weighted by atomic mass is 16.3. The van der Waals surface area contributed by atoms with E-state index in [1.54, 1.807) is 0 Å². The second-order valence-corrected chi connectivity index (χ2v) is 6.12. The Morgan fingerprint density at radius 2 is 1.42 bits per heavy atom.